The molecule has 96 valence electrons. The van der Waals surface area contributed by atoms with Gasteiger partial charge in [-0.25, -0.2) is 0 Å². The van der Waals surface area contributed by atoms with E-state index in [1.807, 2.05) is 17.5 Å². The first-order valence-corrected chi connectivity index (χ1v) is 6.29. The number of amides is 1. The third-order valence-corrected chi connectivity index (χ3v) is 3.18. The standard InChI is InChI=1S/C11H9N5O2S/c1-16-5-4-7(15-16)9(17)12-11-14-13-10(18-11)8-3-2-6-19-8/h2-6H,1H3,(H,12,14,17). The summed E-state index contributed by atoms with van der Waals surface area (Å²) in [6.07, 6.45) is 1.68. The molecule has 0 saturated heterocycles. The smallest absolute Gasteiger partial charge is 0.322 e. The molecule has 0 aliphatic carbocycles. The van der Waals surface area contributed by atoms with E-state index in [1.165, 1.54) is 11.3 Å². The number of thiophene rings is 1. The number of carbonyl (C=O) groups excluding carboxylic acids is 1. The van der Waals surface area contributed by atoms with Gasteiger partial charge in [-0.05, 0) is 17.5 Å². The summed E-state index contributed by atoms with van der Waals surface area (Å²) in [6.45, 7) is 0. The van der Waals surface area contributed by atoms with Crippen LogP contribution in [0.3, 0.4) is 0 Å². The Morgan fingerprint density at radius 3 is 3.00 bits per heavy atom. The Kier molecular flexibility index (Phi) is 2.84. The van der Waals surface area contributed by atoms with Crippen molar-refractivity contribution in [2.45, 2.75) is 0 Å². The normalized spacial score (nSPS) is 10.6. The van der Waals surface area contributed by atoms with Gasteiger partial charge in [-0.1, -0.05) is 11.2 Å². The van der Waals surface area contributed by atoms with Gasteiger partial charge in [-0.3, -0.25) is 14.8 Å². The molecule has 0 aromatic carbocycles. The summed E-state index contributed by atoms with van der Waals surface area (Å²) in [5.41, 5.74) is 0.290. The number of carbonyl (C=O) groups is 1. The van der Waals surface area contributed by atoms with Crippen molar-refractivity contribution < 1.29 is 9.21 Å². The number of aromatic nitrogens is 4. The highest BCUT2D eigenvalue weighted by Crippen LogP contribution is 2.24. The van der Waals surface area contributed by atoms with Gasteiger partial charge in [0.15, 0.2) is 5.69 Å². The highest BCUT2D eigenvalue weighted by atomic mass is 32.1. The lowest BCUT2D eigenvalue weighted by atomic mass is 10.4. The number of nitrogens with zero attached hydrogens (tertiary/aromatic N) is 4. The van der Waals surface area contributed by atoms with Crippen LogP contribution in [-0.2, 0) is 7.05 Å². The molecule has 1 N–H and O–H groups in total. The van der Waals surface area contributed by atoms with Gasteiger partial charge in [-0.2, -0.15) is 5.10 Å². The molecular weight excluding hydrogens is 266 g/mol. The van der Waals surface area contributed by atoms with Crippen LogP contribution in [0.2, 0.25) is 0 Å². The maximum absolute atomic E-state index is 11.8. The topological polar surface area (TPSA) is 85.8 Å². The van der Waals surface area contributed by atoms with Crippen LogP contribution in [0.15, 0.2) is 34.2 Å². The fourth-order valence-electron chi connectivity index (χ4n) is 1.47. The van der Waals surface area contributed by atoms with Gasteiger partial charge in [0.25, 0.3) is 11.8 Å². The predicted molar refractivity (Wildman–Crippen MR) is 68.8 cm³/mol. The van der Waals surface area contributed by atoms with Gasteiger partial charge in [0.2, 0.25) is 0 Å². The minimum Gasteiger partial charge on any atom is -0.402 e. The van der Waals surface area contributed by atoms with Crippen LogP contribution in [-0.4, -0.2) is 25.9 Å². The summed E-state index contributed by atoms with van der Waals surface area (Å²) in [4.78, 5) is 12.7. The second-order valence-electron chi connectivity index (χ2n) is 3.72. The number of anilines is 1. The highest BCUT2D eigenvalue weighted by molar-refractivity contribution is 7.13. The Hall–Kier alpha value is -2.48. The van der Waals surface area contributed by atoms with Crippen LogP contribution in [0, 0.1) is 0 Å². The number of rotatable bonds is 3. The Morgan fingerprint density at radius 1 is 1.42 bits per heavy atom. The molecule has 0 aliphatic heterocycles. The SMILES string of the molecule is Cn1ccc(C(=O)Nc2nnc(-c3cccs3)o2)n1. The summed E-state index contributed by atoms with van der Waals surface area (Å²) in [7, 11) is 1.73. The minimum atomic E-state index is -0.387. The van der Waals surface area contributed by atoms with Crippen molar-refractivity contribution in [2.75, 3.05) is 5.32 Å². The number of hydrogen-bond acceptors (Lipinski definition) is 6. The van der Waals surface area contributed by atoms with Crippen molar-refractivity contribution in [3.63, 3.8) is 0 Å². The quantitative estimate of drug-likeness (QED) is 0.787. The molecular formula is C11H9N5O2S. The van der Waals surface area contributed by atoms with Crippen LogP contribution < -0.4 is 5.32 Å². The maximum atomic E-state index is 11.8. The van der Waals surface area contributed by atoms with Crippen LogP contribution >= 0.6 is 11.3 Å². The second kappa shape index (κ2) is 4.65. The molecule has 0 spiro atoms. The minimum absolute atomic E-state index is 0.0547. The van der Waals surface area contributed by atoms with Crippen LogP contribution in [0.4, 0.5) is 6.01 Å². The third kappa shape index (κ3) is 2.38. The van der Waals surface area contributed by atoms with Crippen LogP contribution in [0.5, 0.6) is 0 Å². The van der Waals surface area contributed by atoms with E-state index in [0.29, 0.717) is 11.6 Å². The van der Waals surface area contributed by atoms with E-state index in [4.69, 9.17) is 4.42 Å². The van der Waals surface area contributed by atoms with E-state index >= 15 is 0 Å². The zero-order chi connectivity index (χ0) is 13.2. The van der Waals surface area contributed by atoms with E-state index in [-0.39, 0.29) is 11.9 Å². The van der Waals surface area contributed by atoms with Crippen LogP contribution in [0.25, 0.3) is 10.8 Å². The summed E-state index contributed by atoms with van der Waals surface area (Å²) < 4.78 is 6.89. The molecule has 8 heteroatoms. The molecule has 3 rings (SSSR count). The van der Waals surface area contributed by atoms with E-state index in [1.54, 1.807) is 24.0 Å². The third-order valence-electron chi connectivity index (χ3n) is 2.32. The highest BCUT2D eigenvalue weighted by Gasteiger charge is 2.14. The Labute approximate surface area is 111 Å². The zero-order valence-corrected chi connectivity index (χ0v) is 10.7. The number of nitrogens with one attached hydrogen (secondary N) is 1. The Morgan fingerprint density at radius 2 is 2.32 bits per heavy atom. The summed E-state index contributed by atoms with van der Waals surface area (Å²) >= 11 is 1.48. The molecule has 3 aromatic rings. The van der Waals surface area contributed by atoms with Crippen molar-refractivity contribution in [3.05, 3.63) is 35.5 Å². The van der Waals surface area contributed by atoms with E-state index in [9.17, 15) is 4.79 Å². The molecule has 0 saturated carbocycles. The van der Waals surface area contributed by atoms with Gasteiger partial charge < -0.3 is 4.42 Å². The maximum Gasteiger partial charge on any atom is 0.322 e. The van der Waals surface area contributed by atoms with Gasteiger partial charge in [0.1, 0.15) is 0 Å². The molecule has 0 radical (unpaired) electrons. The molecule has 7 nitrogen and oxygen atoms in total. The molecule has 3 aromatic heterocycles. The Balaban J connectivity index is 1.76. The molecule has 0 fully saturated rings. The summed E-state index contributed by atoms with van der Waals surface area (Å²) in [5.74, 6) is -0.00620. The lowest BCUT2D eigenvalue weighted by molar-refractivity contribution is 0.101. The zero-order valence-electron chi connectivity index (χ0n) is 9.90. The van der Waals surface area contributed by atoms with Gasteiger partial charge >= 0.3 is 6.01 Å². The lowest BCUT2D eigenvalue weighted by Gasteiger charge is -1.95. The van der Waals surface area contributed by atoms with E-state index in [2.05, 4.69) is 20.6 Å². The molecule has 19 heavy (non-hydrogen) atoms. The average Bonchev–Trinajstić information content (AvgIpc) is 3.07. The molecule has 0 atom stereocenters. The lowest BCUT2D eigenvalue weighted by Crippen LogP contribution is -2.13. The number of aryl methyl sites for hydroxylation is 1. The van der Waals surface area contributed by atoms with E-state index < -0.39 is 0 Å². The van der Waals surface area contributed by atoms with E-state index in [0.717, 1.165) is 4.88 Å². The summed E-state index contributed by atoms with van der Waals surface area (Å²) in [5, 5.41) is 16.0. The molecule has 1 amide bonds. The number of hydrogen-bond donors (Lipinski definition) is 1. The van der Waals surface area contributed by atoms with Gasteiger partial charge in [0.05, 0.1) is 4.88 Å². The molecule has 3 heterocycles. The second-order valence-corrected chi connectivity index (χ2v) is 4.67. The fourth-order valence-corrected chi connectivity index (χ4v) is 2.12. The molecule has 0 aliphatic rings. The van der Waals surface area contributed by atoms with Crippen LogP contribution in [0.1, 0.15) is 10.5 Å². The van der Waals surface area contributed by atoms with Gasteiger partial charge in [0, 0.05) is 13.2 Å². The largest absolute Gasteiger partial charge is 0.402 e. The van der Waals surface area contributed by atoms with Crippen molar-refractivity contribution >= 4 is 23.3 Å². The first-order valence-electron chi connectivity index (χ1n) is 5.41. The van der Waals surface area contributed by atoms with Crippen molar-refractivity contribution in [1.82, 2.24) is 20.0 Å². The summed E-state index contributed by atoms with van der Waals surface area (Å²) in [6, 6.07) is 5.41. The first kappa shape index (κ1) is 11.6. The first-order chi connectivity index (χ1) is 9.22. The average molecular weight is 275 g/mol. The molecule has 0 unspecified atom stereocenters. The predicted octanol–water partition coefficient (Wildman–Crippen LogP) is 1.78. The van der Waals surface area contributed by atoms with Crippen molar-refractivity contribution in [2.24, 2.45) is 7.05 Å². The Bertz CT molecular complexity index is 700. The van der Waals surface area contributed by atoms with Crippen molar-refractivity contribution in [1.29, 1.82) is 0 Å². The fraction of sp³-hybridized carbons (Fsp3) is 0.0909. The van der Waals surface area contributed by atoms with Crippen molar-refractivity contribution in [3.8, 4) is 10.8 Å². The van der Waals surface area contributed by atoms with Gasteiger partial charge in [-0.15, -0.1) is 16.4 Å². The molecule has 0 bridgehead atoms. The monoisotopic (exact) mass is 275 g/mol.